The van der Waals surface area contributed by atoms with Crippen molar-refractivity contribution in [2.75, 3.05) is 20.4 Å². The number of methoxy groups -OCH3 is 1. The highest BCUT2D eigenvalue weighted by molar-refractivity contribution is 8.13. The molecule has 3 aliphatic rings. The molecule has 2 spiro atoms. The Morgan fingerprint density at radius 3 is 2.68 bits per heavy atom. The molecule has 25 heavy (non-hydrogen) atoms. The van der Waals surface area contributed by atoms with Crippen LogP contribution >= 0.6 is 11.8 Å². The summed E-state index contributed by atoms with van der Waals surface area (Å²) in [6.07, 6.45) is 6.45. The number of carbonyl (C=O) groups excluding carboxylic acids is 1. The van der Waals surface area contributed by atoms with Crippen molar-refractivity contribution in [1.29, 1.82) is 0 Å². The first-order chi connectivity index (χ1) is 12.0. The summed E-state index contributed by atoms with van der Waals surface area (Å²) < 4.78 is 19.4. The molecule has 0 bridgehead atoms. The number of amidine groups is 1. The number of fused-ring (bicyclic) bond motifs is 3. The van der Waals surface area contributed by atoms with Crippen LogP contribution in [-0.4, -0.2) is 42.5 Å². The van der Waals surface area contributed by atoms with Crippen LogP contribution in [0.25, 0.3) is 0 Å². The fourth-order valence-electron chi connectivity index (χ4n) is 5.06. The molecule has 0 N–H and O–H groups in total. The van der Waals surface area contributed by atoms with Crippen molar-refractivity contribution < 1.29 is 13.9 Å². The van der Waals surface area contributed by atoms with E-state index in [0.29, 0.717) is 6.42 Å². The summed E-state index contributed by atoms with van der Waals surface area (Å²) in [6, 6.07) is 4.83. The molecule has 134 valence electrons. The van der Waals surface area contributed by atoms with Gasteiger partial charge in [0, 0.05) is 19.6 Å². The fourth-order valence-corrected chi connectivity index (χ4v) is 5.64. The summed E-state index contributed by atoms with van der Waals surface area (Å²) in [7, 11) is 3.54. The first-order valence-corrected chi connectivity index (χ1v) is 9.93. The maximum atomic E-state index is 13.9. The van der Waals surface area contributed by atoms with Crippen LogP contribution in [0.1, 0.15) is 36.8 Å². The van der Waals surface area contributed by atoms with E-state index in [1.165, 1.54) is 17.8 Å². The zero-order valence-electron chi connectivity index (χ0n) is 14.8. The van der Waals surface area contributed by atoms with Gasteiger partial charge in [0.05, 0.1) is 6.10 Å². The third-order valence-electron chi connectivity index (χ3n) is 6.32. The molecule has 0 aromatic heterocycles. The summed E-state index contributed by atoms with van der Waals surface area (Å²) in [5, 5.41) is 0.746. The van der Waals surface area contributed by atoms with E-state index < -0.39 is 5.54 Å². The molecule has 1 aliphatic heterocycles. The summed E-state index contributed by atoms with van der Waals surface area (Å²) in [5.41, 5.74) is 0.650. The second-order valence-electron chi connectivity index (χ2n) is 7.37. The minimum absolute atomic E-state index is 0.0260. The van der Waals surface area contributed by atoms with Gasteiger partial charge in [0.15, 0.2) is 10.7 Å². The average molecular weight is 362 g/mol. The molecule has 4 rings (SSSR count). The van der Waals surface area contributed by atoms with E-state index in [-0.39, 0.29) is 23.2 Å². The van der Waals surface area contributed by atoms with E-state index in [1.807, 2.05) is 6.26 Å². The molecule has 6 heteroatoms. The van der Waals surface area contributed by atoms with Crippen LogP contribution < -0.4 is 0 Å². The van der Waals surface area contributed by atoms with Gasteiger partial charge in [-0.15, -0.1) is 0 Å². The molecule has 1 unspecified atom stereocenters. The third-order valence-corrected chi connectivity index (χ3v) is 7.05. The number of aliphatic imine (C=N–C) groups is 1. The van der Waals surface area contributed by atoms with E-state index in [2.05, 4.69) is 0 Å². The largest absolute Gasteiger partial charge is 0.381 e. The molecule has 0 saturated heterocycles. The SMILES string of the molecule is COC1CCC2(CC1)Cc1cc(F)ccc1C21N=C(SC)N(C)C1=O. The Bertz CT molecular complexity index is 758. The predicted molar refractivity (Wildman–Crippen MR) is 97.2 cm³/mol. The Balaban J connectivity index is 1.89. The summed E-state index contributed by atoms with van der Waals surface area (Å²) >= 11 is 1.49. The van der Waals surface area contributed by atoms with Gasteiger partial charge in [0.2, 0.25) is 0 Å². The van der Waals surface area contributed by atoms with Crippen LogP contribution in [0.5, 0.6) is 0 Å². The molecule has 2 aliphatic carbocycles. The van der Waals surface area contributed by atoms with Crippen molar-refractivity contribution in [1.82, 2.24) is 4.90 Å². The summed E-state index contributed by atoms with van der Waals surface area (Å²) in [6.45, 7) is 0. The van der Waals surface area contributed by atoms with Crippen molar-refractivity contribution in [3.8, 4) is 0 Å². The Hall–Kier alpha value is -1.40. The Morgan fingerprint density at radius 2 is 2.08 bits per heavy atom. The van der Waals surface area contributed by atoms with Gasteiger partial charge < -0.3 is 4.74 Å². The number of rotatable bonds is 1. The maximum absolute atomic E-state index is 13.9. The molecule has 1 atom stereocenters. The first-order valence-electron chi connectivity index (χ1n) is 8.71. The zero-order chi connectivity index (χ0) is 17.8. The number of hydrogen-bond donors (Lipinski definition) is 0. The second-order valence-corrected chi connectivity index (χ2v) is 8.14. The van der Waals surface area contributed by atoms with Crippen molar-refractivity contribution in [3.63, 3.8) is 0 Å². The fraction of sp³-hybridized carbons (Fsp3) is 0.579. The Kier molecular flexibility index (Phi) is 3.96. The van der Waals surface area contributed by atoms with Crippen LogP contribution in [0.2, 0.25) is 0 Å². The van der Waals surface area contributed by atoms with Gasteiger partial charge in [0.1, 0.15) is 5.82 Å². The molecule has 1 saturated carbocycles. The highest BCUT2D eigenvalue weighted by Gasteiger charge is 2.66. The minimum atomic E-state index is -0.901. The molecule has 1 amide bonds. The Labute approximate surface area is 151 Å². The van der Waals surface area contributed by atoms with E-state index in [0.717, 1.165) is 42.0 Å². The van der Waals surface area contributed by atoms with Gasteiger partial charge in [0.25, 0.3) is 5.91 Å². The number of benzene rings is 1. The van der Waals surface area contributed by atoms with E-state index in [4.69, 9.17) is 9.73 Å². The van der Waals surface area contributed by atoms with Crippen LogP contribution in [0.15, 0.2) is 23.2 Å². The number of halogens is 1. The van der Waals surface area contributed by atoms with Crippen molar-refractivity contribution in [2.24, 2.45) is 10.4 Å². The highest BCUT2D eigenvalue weighted by Crippen LogP contribution is 2.62. The number of nitrogens with zero attached hydrogens (tertiary/aromatic N) is 2. The van der Waals surface area contributed by atoms with Crippen molar-refractivity contribution in [3.05, 3.63) is 35.1 Å². The lowest BCUT2D eigenvalue weighted by atomic mass is 9.61. The highest BCUT2D eigenvalue weighted by atomic mass is 32.2. The van der Waals surface area contributed by atoms with Gasteiger partial charge in [-0.1, -0.05) is 17.8 Å². The zero-order valence-corrected chi connectivity index (χ0v) is 15.7. The second kappa shape index (κ2) is 5.81. The summed E-state index contributed by atoms with van der Waals surface area (Å²) in [4.78, 5) is 20.1. The molecular formula is C19H23FN2O2S. The lowest BCUT2D eigenvalue weighted by Crippen LogP contribution is -2.51. The standard InChI is InChI=1S/C19H23FN2O2S/c1-22-16(23)19(21-17(22)25-3)15-5-4-13(20)10-12(15)11-18(19)8-6-14(24-2)7-9-18/h4-5,10,14H,6-9,11H2,1-3H3. The molecule has 1 heterocycles. The number of amides is 1. The Morgan fingerprint density at radius 1 is 1.36 bits per heavy atom. The molecule has 0 radical (unpaired) electrons. The topological polar surface area (TPSA) is 41.9 Å². The van der Waals surface area contributed by atoms with Crippen molar-refractivity contribution >= 4 is 22.8 Å². The lowest BCUT2D eigenvalue weighted by Gasteiger charge is -2.45. The molecular weight excluding hydrogens is 339 g/mol. The molecule has 4 nitrogen and oxygen atoms in total. The van der Waals surface area contributed by atoms with E-state index >= 15 is 0 Å². The molecule has 1 fully saturated rings. The van der Waals surface area contributed by atoms with Gasteiger partial charge in [-0.3, -0.25) is 9.69 Å². The quantitative estimate of drug-likeness (QED) is 0.769. The number of thioether (sulfide) groups is 1. The van der Waals surface area contributed by atoms with Crippen LogP contribution in [0.4, 0.5) is 4.39 Å². The molecule has 1 aromatic carbocycles. The van der Waals surface area contributed by atoms with Gasteiger partial charge in [-0.05, 0) is 61.6 Å². The normalized spacial score (nSPS) is 34.1. The van der Waals surface area contributed by atoms with Gasteiger partial charge in [-0.25, -0.2) is 9.38 Å². The first kappa shape index (κ1) is 17.0. The van der Waals surface area contributed by atoms with Crippen LogP contribution in [0.3, 0.4) is 0 Å². The molecule has 1 aromatic rings. The third kappa shape index (κ3) is 2.16. The summed E-state index contributed by atoms with van der Waals surface area (Å²) in [5.74, 6) is -0.220. The van der Waals surface area contributed by atoms with Crippen LogP contribution in [-0.2, 0) is 21.5 Å². The van der Waals surface area contributed by atoms with E-state index in [1.54, 1.807) is 31.2 Å². The van der Waals surface area contributed by atoms with Gasteiger partial charge in [-0.2, -0.15) is 0 Å². The smallest absolute Gasteiger partial charge is 0.261 e. The van der Waals surface area contributed by atoms with E-state index in [9.17, 15) is 9.18 Å². The maximum Gasteiger partial charge on any atom is 0.261 e. The van der Waals surface area contributed by atoms with Gasteiger partial charge >= 0.3 is 0 Å². The number of carbonyl (C=O) groups is 1. The number of ether oxygens (including phenoxy) is 1. The number of likely N-dealkylation sites (N-methyl/N-ethyl adjacent to an activating group) is 1. The lowest BCUT2D eigenvalue weighted by molar-refractivity contribution is -0.137. The minimum Gasteiger partial charge on any atom is -0.381 e. The van der Waals surface area contributed by atoms with Crippen LogP contribution in [0, 0.1) is 11.2 Å². The monoisotopic (exact) mass is 362 g/mol. The number of hydrogen-bond acceptors (Lipinski definition) is 4. The predicted octanol–water partition coefficient (Wildman–Crippen LogP) is 3.34. The average Bonchev–Trinajstić information content (AvgIpc) is 3.03. The van der Waals surface area contributed by atoms with Crippen molar-refractivity contribution in [2.45, 2.75) is 43.7 Å².